The van der Waals surface area contributed by atoms with Crippen LogP contribution in [0, 0.1) is 0 Å². The molecule has 0 radical (unpaired) electrons. The van der Waals surface area contributed by atoms with Crippen LogP contribution in [0.4, 0.5) is 8.78 Å². The van der Waals surface area contributed by atoms with Gasteiger partial charge in [-0.25, -0.2) is 18.8 Å². The van der Waals surface area contributed by atoms with Crippen LogP contribution in [0.25, 0.3) is 0 Å². The molecule has 0 aliphatic carbocycles. The first-order chi connectivity index (χ1) is 9.11. The lowest BCUT2D eigenvalue weighted by atomic mass is 10.3. The topological polar surface area (TPSA) is 72.5 Å². The molecule has 1 aromatic heterocycles. The van der Waals surface area contributed by atoms with E-state index in [0.29, 0.717) is 12.5 Å². The number of hydrogen-bond donors (Lipinski definition) is 2. The first-order valence-electron chi connectivity index (χ1n) is 6.01. The third kappa shape index (κ3) is 8.08. The van der Waals surface area contributed by atoms with E-state index in [1.807, 2.05) is 6.92 Å². The van der Waals surface area contributed by atoms with Crippen molar-refractivity contribution in [1.82, 2.24) is 10.3 Å². The van der Waals surface area contributed by atoms with E-state index >= 15 is 0 Å². The number of halogens is 3. The fraction of sp³-hybridized carbons (Fsp3) is 0.500. The third-order valence-corrected chi connectivity index (χ3v) is 2.14. The minimum atomic E-state index is -2.52. The summed E-state index contributed by atoms with van der Waals surface area (Å²) in [6, 6.07) is 3.30. The number of rotatable bonds is 7. The summed E-state index contributed by atoms with van der Waals surface area (Å²) in [4.78, 5) is 7.96. The Bertz CT molecular complexity index is 418. The Morgan fingerprint density at radius 2 is 2.30 bits per heavy atom. The van der Waals surface area contributed by atoms with Gasteiger partial charge in [0.1, 0.15) is 0 Å². The number of nitrogens with two attached hydrogens (primary N) is 1. The lowest BCUT2D eigenvalue weighted by Gasteiger charge is -2.06. The maximum absolute atomic E-state index is 12.0. The summed E-state index contributed by atoms with van der Waals surface area (Å²) in [7, 11) is 0. The fourth-order valence-corrected chi connectivity index (χ4v) is 1.26. The van der Waals surface area contributed by atoms with E-state index in [1.54, 1.807) is 12.1 Å². The Morgan fingerprint density at radius 3 is 2.95 bits per heavy atom. The second kappa shape index (κ2) is 10.6. The van der Waals surface area contributed by atoms with Crippen molar-refractivity contribution in [2.75, 3.05) is 13.2 Å². The molecule has 0 aromatic carbocycles. The van der Waals surface area contributed by atoms with Crippen LogP contribution in [-0.2, 0) is 6.54 Å². The molecule has 0 saturated heterocycles. The van der Waals surface area contributed by atoms with Crippen LogP contribution in [0.15, 0.2) is 23.3 Å². The van der Waals surface area contributed by atoms with E-state index in [9.17, 15) is 8.78 Å². The van der Waals surface area contributed by atoms with Crippen molar-refractivity contribution < 1.29 is 13.5 Å². The molecule has 0 atom stereocenters. The van der Waals surface area contributed by atoms with Gasteiger partial charge in [0.2, 0.25) is 5.88 Å². The van der Waals surface area contributed by atoms with Crippen LogP contribution in [-0.4, -0.2) is 30.5 Å². The highest BCUT2D eigenvalue weighted by atomic mass is 127. The van der Waals surface area contributed by atoms with E-state index in [4.69, 9.17) is 10.5 Å². The third-order valence-electron chi connectivity index (χ3n) is 2.14. The smallest absolute Gasteiger partial charge is 0.272 e. The second-order valence-electron chi connectivity index (χ2n) is 3.83. The first-order valence-corrected chi connectivity index (χ1v) is 6.01. The molecule has 0 spiro atoms. The average molecular weight is 400 g/mol. The number of alkyl halides is 2. The number of nitrogens with zero attached hydrogens (tertiary/aromatic N) is 2. The molecule has 20 heavy (non-hydrogen) atoms. The maximum atomic E-state index is 12.0. The molecule has 0 saturated carbocycles. The lowest BCUT2D eigenvalue weighted by molar-refractivity contribution is 0.0795. The number of aromatic nitrogens is 1. The SMILES string of the molecule is CCCNC(N)=NCc1ccnc(OCC(F)F)c1.I. The number of guanidine groups is 1. The zero-order valence-electron chi connectivity index (χ0n) is 11.2. The highest BCUT2D eigenvalue weighted by molar-refractivity contribution is 14.0. The number of pyridine rings is 1. The van der Waals surface area contributed by atoms with E-state index in [0.717, 1.165) is 18.5 Å². The Hall–Kier alpha value is -1.19. The largest absolute Gasteiger partial charge is 0.472 e. The zero-order valence-corrected chi connectivity index (χ0v) is 13.5. The van der Waals surface area contributed by atoms with Crippen LogP contribution < -0.4 is 15.8 Å². The number of ether oxygens (including phenoxy) is 1. The maximum Gasteiger partial charge on any atom is 0.272 e. The van der Waals surface area contributed by atoms with Gasteiger partial charge >= 0.3 is 0 Å². The predicted molar refractivity (Wildman–Crippen MR) is 84.8 cm³/mol. The van der Waals surface area contributed by atoms with Gasteiger partial charge in [-0.05, 0) is 18.1 Å². The zero-order chi connectivity index (χ0) is 14.1. The normalized spacial score (nSPS) is 11.1. The van der Waals surface area contributed by atoms with Crippen molar-refractivity contribution in [2.45, 2.75) is 26.3 Å². The van der Waals surface area contributed by atoms with Gasteiger partial charge in [-0.15, -0.1) is 24.0 Å². The van der Waals surface area contributed by atoms with Crippen molar-refractivity contribution in [1.29, 1.82) is 0 Å². The molecule has 1 aromatic rings. The van der Waals surface area contributed by atoms with Crippen molar-refractivity contribution in [2.24, 2.45) is 10.7 Å². The van der Waals surface area contributed by atoms with Gasteiger partial charge in [0.15, 0.2) is 12.6 Å². The van der Waals surface area contributed by atoms with Crippen LogP contribution in [0.5, 0.6) is 5.88 Å². The van der Waals surface area contributed by atoms with E-state index in [2.05, 4.69) is 15.3 Å². The molecule has 1 rings (SSSR count). The van der Waals surface area contributed by atoms with Gasteiger partial charge in [-0.3, -0.25) is 0 Å². The van der Waals surface area contributed by atoms with Crippen molar-refractivity contribution in [3.8, 4) is 5.88 Å². The van der Waals surface area contributed by atoms with Gasteiger partial charge in [-0.2, -0.15) is 0 Å². The van der Waals surface area contributed by atoms with Gasteiger partial charge < -0.3 is 15.8 Å². The highest BCUT2D eigenvalue weighted by Crippen LogP contribution is 2.11. The minimum absolute atomic E-state index is 0. The Kier molecular flexibility index (Phi) is 9.95. The lowest BCUT2D eigenvalue weighted by Crippen LogP contribution is -2.32. The molecule has 1 heterocycles. The summed E-state index contributed by atoms with van der Waals surface area (Å²) < 4.78 is 28.8. The average Bonchev–Trinajstić information content (AvgIpc) is 2.41. The van der Waals surface area contributed by atoms with Gasteiger partial charge in [0.05, 0.1) is 6.54 Å². The molecule has 0 fully saturated rings. The highest BCUT2D eigenvalue weighted by Gasteiger charge is 2.04. The Morgan fingerprint density at radius 1 is 1.55 bits per heavy atom. The fourth-order valence-electron chi connectivity index (χ4n) is 1.26. The van der Waals surface area contributed by atoms with Gasteiger partial charge in [0, 0.05) is 18.8 Å². The summed E-state index contributed by atoms with van der Waals surface area (Å²) in [5.41, 5.74) is 6.43. The van der Waals surface area contributed by atoms with Crippen molar-refractivity contribution in [3.05, 3.63) is 23.9 Å². The quantitative estimate of drug-likeness (QED) is 0.418. The van der Waals surface area contributed by atoms with E-state index < -0.39 is 13.0 Å². The van der Waals surface area contributed by atoms with E-state index in [-0.39, 0.29) is 29.9 Å². The standard InChI is InChI=1S/C12H18F2N4O.HI/c1-2-4-17-12(15)18-7-9-3-5-16-11(6-9)19-8-10(13)14;/h3,5-6,10H,2,4,7-8H2,1H3,(H3,15,17,18);1H. The molecular weight excluding hydrogens is 381 g/mol. The van der Waals surface area contributed by atoms with Crippen molar-refractivity contribution in [3.63, 3.8) is 0 Å². The molecule has 0 amide bonds. The Labute approximate surface area is 134 Å². The van der Waals surface area contributed by atoms with Crippen LogP contribution in [0.3, 0.4) is 0 Å². The number of hydrogen-bond acceptors (Lipinski definition) is 3. The molecule has 0 aliphatic heterocycles. The summed E-state index contributed by atoms with van der Waals surface area (Å²) in [5.74, 6) is 0.516. The van der Waals surface area contributed by atoms with Crippen LogP contribution in [0.1, 0.15) is 18.9 Å². The molecular formula is C12H19F2IN4O. The molecule has 8 heteroatoms. The Balaban J connectivity index is 0.00000361. The van der Waals surface area contributed by atoms with E-state index in [1.165, 1.54) is 6.20 Å². The van der Waals surface area contributed by atoms with Crippen molar-refractivity contribution >= 4 is 29.9 Å². The monoisotopic (exact) mass is 400 g/mol. The van der Waals surface area contributed by atoms with Gasteiger partial charge in [0.25, 0.3) is 6.43 Å². The molecule has 114 valence electrons. The predicted octanol–water partition coefficient (Wildman–Crippen LogP) is 2.16. The summed E-state index contributed by atoms with van der Waals surface area (Å²) in [6.07, 6.45) is -0.0735. The molecule has 0 unspecified atom stereocenters. The molecule has 3 N–H and O–H groups in total. The minimum Gasteiger partial charge on any atom is -0.472 e. The first kappa shape index (κ1) is 18.8. The summed E-state index contributed by atoms with van der Waals surface area (Å²) >= 11 is 0. The van der Waals surface area contributed by atoms with Crippen LogP contribution in [0.2, 0.25) is 0 Å². The second-order valence-corrected chi connectivity index (χ2v) is 3.83. The molecule has 0 aliphatic rings. The molecule has 5 nitrogen and oxygen atoms in total. The molecule has 0 bridgehead atoms. The summed E-state index contributed by atoms with van der Waals surface area (Å²) in [6.45, 7) is 2.46. The summed E-state index contributed by atoms with van der Waals surface area (Å²) in [5, 5.41) is 2.94. The number of nitrogens with one attached hydrogen (secondary N) is 1. The van der Waals surface area contributed by atoms with Crippen LogP contribution >= 0.6 is 24.0 Å². The van der Waals surface area contributed by atoms with Gasteiger partial charge in [-0.1, -0.05) is 6.92 Å². The number of aliphatic imine (C=N–C) groups is 1.